The summed E-state index contributed by atoms with van der Waals surface area (Å²) < 4.78 is 28.3. The predicted molar refractivity (Wildman–Crippen MR) is 152 cm³/mol. The first kappa shape index (κ1) is 27.8. The van der Waals surface area contributed by atoms with E-state index in [1.54, 1.807) is 45.0 Å². The minimum absolute atomic E-state index is 0.0733. The largest absolute Gasteiger partial charge is 0.490 e. The molecule has 1 amide bonds. The lowest BCUT2D eigenvalue weighted by Gasteiger charge is -2.20. The molecule has 212 valence electrons. The molecule has 1 atom stereocenters. The molecule has 0 radical (unpaired) electrons. The van der Waals surface area contributed by atoms with E-state index in [0.29, 0.717) is 47.0 Å². The Hall–Kier alpha value is -4.79. The molecule has 9 heteroatoms. The van der Waals surface area contributed by atoms with Crippen LogP contribution in [0.15, 0.2) is 75.9 Å². The zero-order valence-corrected chi connectivity index (χ0v) is 23.1. The summed E-state index contributed by atoms with van der Waals surface area (Å²) in [5, 5.41) is 2.92. The Bertz CT molecular complexity index is 1630. The second kappa shape index (κ2) is 12.2. The Balaban J connectivity index is 1.33. The molecule has 0 saturated heterocycles. The third-order valence-electron chi connectivity index (χ3n) is 6.70. The average molecular weight is 558 g/mol. The molecular formula is C32H31NO8. The number of ether oxygens (including phenoxy) is 4. The second-order valence-corrected chi connectivity index (χ2v) is 10.1. The van der Waals surface area contributed by atoms with Crippen LogP contribution in [0.1, 0.15) is 31.6 Å². The minimum atomic E-state index is -0.954. The Morgan fingerprint density at radius 2 is 1.71 bits per heavy atom. The number of nitrogens with one attached hydrogen (secondary N) is 1. The van der Waals surface area contributed by atoms with Crippen molar-refractivity contribution in [3.05, 3.63) is 88.3 Å². The lowest BCUT2D eigenvalue weighted by molar-refractivity contribution is -0.137. The summed E-state index contributed by atoms with van der Waals surface area (Å²) in [7, 11) is 0. The van der Waals surface area contributed by atoms with Crippen molar-refractivity contribution < 1.29 is 33.0 Å². The third kappa shape index (κ3) is 6.35. The summed E-state index contributed by atoms with van der Waals surface area (Å²) in [4.78, 5) is 38.9. The van der Waals surface area contributed by atoms with Gasteiger partial charge in [-0.25, -0.2) is 9.59 Å². The van der Waals surface area contributed by atoms with Crippen LogP contribution in [0.4, 0.5) is 4.79 Å². The fourth-order valence-electron chi connectivity index (χ4n) is 4.57. The Kier molecular flexibility index (Phi) is 8.24. The van der Waals surface area contributed by atoms with E-state index in [-0.39, 0.29) is 29.3 Å². The van der Waals surface area contributed by atoms with Crippen molar-refractivity contribution in [2.24, 2.45) is 5.92 Å². The molecule has 4 aromatic rings. The lowest BCUT2D eigenvalue weighted by Crippen LogP contribution is -2.46. The molecular weight excluding hydrogens is 526 g/mol. The number of benzene rings is 3. The molecule has 1 N–H and O–H groups in total. The maximum Gasteiger partial charge on any atom is 0.408 e. The Morgan fingerprint density at radius 1 is 0.951 bits per heavy atom. The maximum atomic E-state index is 13.5. The highest BCUT2D eigenvalue weighted by atomic mass is 16.6. The lowest BCUT2D eigenvalue weighted by atomic mass is 10.0. The maximum absolute atomic E-state index is 13.5. The number of carbonyl (C=O) groups is 2. The highest BCUT2D eigenvalue weighted by Gasteiger charge is 2.27. The summed E-state index contributed by atoms with van der Waals surface area (Å²) in [6.45, 7) is 6.45. The monoisotopic (exact) mass is 557 g/mol. The van der Waals surface area contributed by atoms with Crippen molar-refractivity contribution in [2.75, 3.05) is 13.2 Å². The number of esters is 1. The summed E-state index contributed by atoms with van der Waals surface area (Å²) >= 11 is 0. The molecule has 0 bridgehead atoms. The summed E-state index contributed by atoms with van der Waals surface area (Å²) in [5.74, 6) is 0.864. The number of amides is 1. The van der Waals surface area contributed by atoms with E-state index in [1.165, 1.54) is 12.1 Å². The van der Waals surface area contributed by atoms with Crippen LogP contribution in [-0.2, 0) is 16.1 Å². The van der Waals surface area contributed by atoms with Crippen LogP contribution in [0.5, 0.6) is 17.2 Å². The van der Waals surface area contributed by atoms with E-state index < -0.39 is 18.1 Å². The molecule has 1 aromatic heterocycles. The van der Waals surface area contributed by atoms with Crippen LogP contribution in [-0.4, -0.2) is 31.3 Å². The van der Waals surface area contributed by atoms with Gasteiger partial charge in [0.05, 0.1) is 24.2 Å². The normalized spacial score (nSPS) is 13.4. The van der Waals surface area contributed by atoms with Crippen molar-refractivity contribution in [1.29, 1.82) is 0 Å². The predicted octanol–water partition coefficient (Wildman–Crippen LogP) is 5.79. The second-order valence-electron chi connectivity index (χ2n) is 10.1. The fraction of sp³-hybridized carbons (Fsp3) is 0.281. The van der Waals surface area contributed by atoms with Gasteiger partial charge in [0, 0.05) is 12.5 Å². The van der Waals surface area contributed by atoms with E-state index in [2.05, 4.69) is 5.32 Å². The minimum Gasteiger partial charge on any atom is -0.490 e. The SMILES string of the molecule is Cc1oc2cc(OC(=O)[C@@H](NC(=O)OCc3ccccc3)C(C)C)ccc2c(=O)c1-c1ccc2c(c1)OCCCO2. The molecule has 0 unspecified atom stereocenters. The van der Waals surface area contributed by atoms with Crippen molar-refractivity contribution >= 4 is 23.0 Å². The first-order valence-corrected chi connectivity index (χ1v) is 13.5. The van der Waals surface area contributed by atoms with Crippen LogP contribution in [0.25, 0.3) is 22.1 Å². The van der Waals surface area contributed by atoms with Gasteiger partial charge in [0.25, 0.3) is 0 Å². The van der Waals surface area contributed by atoms with Gasteiger partial charge in [-0.3, -0.25) is 4.79 Å². The number of hydrogen-bond acceptors (Lipinski definition) is 8. The van der Waals surface area contributed by atoms with Gasteiger partial charge in [0.1, 0.15) is 29.7 Å². The molecule has 3 aromatic carbocycles. The summed E-state index contributed by atoms with van der Waals surface area (Å²) in [5.41, 5.74) is 1.94. The van der Waals surface area contributed by atoms with Gasteiger partial charge in [0.2, 0.25) is 5.43 Å². The molecule has 0 aliphatic carbocycles. The number of hydrogen-bond donors (Lipinski definition) is 1. The smallest absolute Gasteiger partial charge is 0.408 e. The van der Waals surface area contributed by atoms with E-state index in [1.807, 2.05) is 30.3 Å². The van der Waals surface area contributed by atoms with Gasteiger partial charge in [-0.15, -0.1) is 0 Å². The van der Waals surface area contributed by atoms with Gasteiger partial charge in [0.15, 0.2) is 11.5 Å². The van der Waals surface area contributed by atoms with E-state index in [4.69, 9.17) is 23.4 Å². The summed E-state index contributed by atoms with van der Waals surface area (Å²) in [6, 6.07) is 18.2. The van der Waals surface area contributed by atoms with Crippen LogP contribution >= 0.6 is 0 Å². The fourth-order valence-corrected chi connectivity index (χ4v) is 4.57. The van der Waals surface area contributed by atoms with Gasteiger partial charge in [-0.05, 0) is 48.2 Å². The Labute approximate surface area is 237 Å². The van der Waals surface area contributed by atoms with Crippen molar-refractivity contribution in [3.8, 4) is 28.4 Å². The number of carbonyl (C=O) groups excluding carboxylic acids is 2. The molecule has 2 heterocycles. The zero-order valence-electron chi connectivity index (χ0n) is 23.1. The van der Waals surface area contributed by atoms with Crippen molar-refractivity contribution in [3.63, 3.8) is 0 Å². The molecule has 0 saturated carbocycles. The first-order valence-electron chi connectivity index (χ1n) is 13.5. The molecule has 41 heavy (non-hydrogen) atoms. The number of fused-ring (bicyclic) bond motifs is 2. The standard InChI is InChI=1S/C32H31NO8/c1-19(2)29(33-32(36)39-18-21-8-5-4-6-9-21)31(35)41-23-11-12-24-26(17-23)40-20(3)28(30(24)34)22-10-13-25-27(16-22)38-15-7-14-37-25/h4-6,8-13,16-17,19,29H,7,14-15,18H2,1-3H3,(H,33,36)/t29-/m0/s1. The molecule has 0 fully saturated rings. The van der Waals surface area contributed by atoms with Crippen LogP contribution < -0.4 is 25.0 Å². The molecule has 9 nitrogen and oxygen atoms in total. The molecule has 0 spiro atoms. The number of aryl methyl sites for hydroxylation is 1. The highest BCUT2D eigenvalue weighted by molar-refractivity contribution is 5.86. The van der Waals surface area contributed by atoms with E-state index in [9.17, 15) is 14.4 Å². The topological polar surface area (TPSA) is 113 Å². The van der Waals surface area contributed by atoms with Gasteiger partial charge in [-0.2, -0.15) is 0 Å². The average Bonchev–Trinajstić information content (AvgIpc) is 3.20. The van der Waals surface area contributed by atoms with Crippen LogP contribution in [0.2, 0.25) is 0 Å². The van der Waals surface area contributed by atoms with Crippen molar-refractivity contribution in [2.45, 2.75) is 39.8 Å². The Morgan fingerprint density at radius 3 is 2.46 bits per heavy atom. The highest BCUT2D eigenvalue weighted by Crippen LogP contribution is 2.35. The number of rotatable bonds is 7. The summed E-state index contributed by atoms with van der Waals surface area (Å²) in [6.07, 6.45) is 0.0485. The van der Waals surface area contributed by atoms with E-state index >= 15 is 0 Å². The molecule has 5 rings (SSSR count). The number of alkyl carbamates (subject to hydrolysis) is 1. The third-order valence-corrected chi connectivity index (χ3v) is 6.70. The molecule has 1 aliphatic rings. The van der Waals surface area contributed by atoms with Gasteiger partial charge in [-0.1, -0.05) is 50.2 Å². The molecule has 1 aliphatic heterocycles. The van der Waals surface area contributed by atoms with E-state index in [0.717, 1.165) is 12.0 Å². The zero-order chi connectivity index (χ0) is 28.9. The van der Waals surface area contributed by atoms with Gasteiger partial charge >= 0.3 is 12.1 Å². The van der Waals surface area contributed by atoms with Gasteiger partial charge < -0.3 is 28.7 Å². The van der Waals surface area contributed by atoms with Crippen molar-refractivity contribution in [1.82, 2.24) is 5.32 Å². The quantitative estimate of drug-likeness (QED) is 0.225. The van der Waals surface area contributed by atoms with Crippen LogP contribution in [0.3, 0.4) is 0 Å². The van der Waals surface area contributed by atoms with Crippen LogP contribution in [0, 0.1) is 12.8 Å². The first-order chi connectivity index (χ1) is 19.8.